The summed E-state index contributed by atoms with van der Waals surface area (Å²) in [6.45, 7) is 1.53. The molecular formula is C10H11F2NO4. The molecule has 0 bridgehead atoms. The minimum absolute atomic E-state index is 0.0156. The summed E-state index contributed by atoms with van der Waals surface area (Å²) in [7, 11) is 0. The molecule has 0 aromatic carbocycles. The molecule has 0 saturated heterocycles. The second-order valence-corrected chi connectivity index (χ2v) is 3.19. The van der Waals surface area contributed by atoms with Gasteiger partial charge in [0.15, 0.2) is 6.10 Å². The van der Waals surface area contributed by atoms with Crippen molar-refractivity contribution in [2.75, 3.05) is 6.61 Å². The first kappa shape index (κ1) is 13.5. The van der Waals surface area contributed by atoms with Crippen molar-refractivity contribution in [2.24, 2.45) is 0 Å². The quantitative estimate of drug-likeness (QED) is 0.591. The van der Waals surface area contributed by atoms with Gasteiger partial charge in [-0.1, -0.05) is 0 Å². The number of pyridine rings is 1. The standard InChI is InChI=1S/C10H11F2NO4/c1-2-17-10(16)9(15)8(14)5-3-6(11)13-7(12)4-5/h3-4,8-9,14-15H,2H2,1H3. The van der Waals surface area contributed by atoms with E-state index in [2.05, 4.69) is 9.72 Å². The molecule has 1 rings (SSSR count). The number of halogens is 2. The first-order valence-corrected chi connectivity index (χ1v) is 4.81. The predicted octanol–water partition coefficient (Wildman–Crippen LogP) is 0.317. The van der Waals surface area contributed by atoms with Gasteiger partial charge in [0.1, 0.15) is 6.10 Å². The van der Waals surface area contributed by atoms with Gasteiger partial charge in [-0.15, -0.1) is 0 Å². The summed E-state index contributed by atoms with van der Waals surface area (Å²) >= 11 is 0. The molecule has 2 N–H and O–H groups in total. The number of aliphatic hydroxyl groups is 2. The average Bonchev–Trinajstić information content (AvgIpc) is 2.26. The Bertz CT molecular complexity index is 393. The van der Waals surface area contributed by atoms with Crippen LogP contribution in [0.1, 0.15) is 18.6 Å². The van der Waals surface area contributed by atoms with Crippen molar-refractivity contribution in [3.63, 3.8) is 0 Å². The Morgan fingerprint density at radius 3 is 2.41 bits per heavy atom. The third kappa shape index (κ3) is 3.43. The maximum Gasteiger partial charge on any atom is 0.338 e. The van der Waals surface area contributed by atoms with Gasteiger partial charge in [-0.2, -0.15) is 13.8 Å². The Morgan fingerprint density at radius 2 is 1.94 bits per heavy atom. The molecule has 1 heterocycles. The molecule has 0 aliphatic heterocycles. The lowest BCUT2D eigenvalue weighted by Gasteiger charge is -2.16. The summed E-state index contributed by atoms with van der Waals surface area (Å²) in [6, 6.07) is 1.44. The van der Waals surface area contributed by atoms with Crippen molar-refractivity contribution in [2.45, 2.75) is 19.1 Å². The third-order valence-corrected chi connectivity index (χ3v) is 1.95. The van der Waals surface area contributed by atoms with Gasteiger partial charge in [0.25, 0.3) is 0 Å². The highest BCUT2D eigenvalue weighted by Gasteiger charge is 2.27. The molecule has 7 heteroatoms. The number of hydrogen-bond acceptors (Lipinski definition) is 5. The van der Waals surface area contributed by atoms with Gasteiger partial charge in [-0.3, -0.25) is 0 Å². The van der Waals surface area contributed by atoms with E-state index in [9.17, 15) is 23.8 Å². The molecule has 1 aromatic rings. The molecule has 0 saturated carbocycles. The van der Waals surface area contributed by atoms with Gasteiger partial charge in [-0.25, -0.2) is 4.79 Å². The van der Waals surface area contributed by atoms with Crippen molar-refractivity contribution >= 4 is 5.97 Å². The molecule has 0 fully saturated rings. The fraction of sp³-hybridized carbons (Fsp3) is 0.400. The lowest BCUT2D eigenvalue weighted by molar-refractivity contribution is -0.159. The molecule has 0 aliphatic rings. The van der Waals surface area contributed by atoms with E-state index in [4.69, 9.17) is 0 Å². The normalized spacial score (nSPS) is 14.2. The van der Waals surface area contributed by atoms with E-state index in [1.54, 1.807) is 0 Å². The number of carbonyl (C=O) groups is 1. The van der Waals surface area contributed by atoms with E-state index in [0.29, 0.717) is 0 Å². The molecule has 2 atom stereocenters. The van der Waals surface area contributed by atoms with E-state index in [1.165, 1.54) is 6.92 Å². The number of ether oxygens (including phenoxy) is 1. The Kier molecular flexibility index (Phi) is 4.47. The molecule has 0 amide bonds. The van der Waals surface area contributed by atoms with Crippen LogP contribution in [0.3, 0.4) is 0 Å². The maximum atomic E-state index is 12.7. The van der Waals surface area contributed by atoms with E-state index in [1.807, 2.05) is 0 Å². The molecule has 1 aromatic heterocycles. The highest BCUT2D eigenvalue weighted by molar-refractivity contribution is 5.75. The molecule has 17 heavy (non-hydrogen) atoms. The van der Waals surface area contributed by atoms with Gasteiger partial charge < -0.3 is 14.9 Å². The molecule has 0 radical (unpaired) electrons. The Hall–Kier alpha value is -1.60. The van der Waals surface area contributed by atoms with Gasteiger partial charge in [0, 0.05) is 0 Å². The van der Waals surface area contributed by atoms with Crippen LogP contribution in [0.2, 0.25) is 0 Å². The van der Waals surface area contributed by atoms with E-state index in [0.717, 1.165) is 12.1 Å². The summed E-state index contributed by atoms with van der Waals surface area (Å²) in [4.78, 5) is 13.9. The summed E-state index contributed by atoms with van der Waals surface area (Å²) in [5, 5.41) is 18.9. The number of rotatable bonds is 4. The van der Waals surface area contributed by atoms with Crippen molar-refractivity contribution in [1.29, 1.82) is 0 Å². The van der Waals surface area contributed by atoms with Gasteiger partial charge in [0.2, 0.25) is 11.9 Å². The lowest BCUT2D eigenvalue weighted by atomic mass is 10.1. The zero-order chi connectivity index (χ0) is 13.0. The summed E-state index contributed by atoms with van der Waals surface area (Å²) in [6.07, 6.45) is -3.68. The van der Waals surface area contributed by atoms with Crippen molar-refractivity contribution in [3.05, 3.63) is 29.6 Å². The minimum atomic E-state index is -1.91. The van der Waals surface area contributed by atoms with Gasteiger partial charge in [-0.05, 0) is 24.6 Å². The topological polar surface area (TPSA) is 79.7 Å². The summed E-state index contributed by atoms with van der Waals surface area (Å²) < 4.78 is 29.9. The number of hydrogen-bond donors (Lipinski definition) is 2. The van der Waals surface area contributed by atoms with Crippen molar-refractivity contribution < 1.29 is 28.5 Å². The SMILES string of the molecule is CCOC(=O)C(O)C(O)c1cc(F)nc(F)c1. The number of esters is 1. The zero-order valence-corrected chi connectivity index (χ0v) is 8.93. The average molecular weight is 247 g/mol. The molecule has 94 valence electrons. The van der Waals surface area contributed by atoms with E-state index in [-0.39, 0.29) is 12.2 Å². The van der Waals surface area contributed by atoms with Crippen LogP contribution in [0.25, 0.3) is 0 Å². The predicted molar refractivity (Wildman–Crippen MR) is 51.8 cm³/mol. The van der Waals surface area contributed by atoms with Crippen LogP contribution < -0.4 is 0 Å². The second-order valence-electron chi connectivity index (χ2n) is 3.19. The Morgan fingerprint density at radius 1 is 1.41 bits per heavy atom. The van der Waals surface area contributed by atoms with Crippen molar-refractivity contribution in [3.8, 4) is 0 Å². The van der Waals surface area contributed by atoms with Crippen LogP contribution >= 0.6 is 0 Å². The van der Waals surface area contributed by atoms with Crippen LogP contribution in [0.5, 0.6) is 0 Å². The molecule has 5 nitrogen and oxygen atoms in total. The monoisotopic (exact) mass is 247 g/mol. The summed E-state index contributed by atoms with van der Waals surface area (Å²) in [5.74, 6) is -3.39. The first-order valence-electron chi connectivity index (χ1n) is 4.81. The second kappa shape index (κ2) is 5.65. The maximum absolute atomic E-state index is 12.7. The molecule has 2 unspecified atom stereocenters. The van der Waals surface area contributed by atoms with Gasteiger partial charge in [0.05, 0.1) is 6.61 Å². The molecule has 0 spiro atoms. The highest BCUT2D eigenvalue weighted by atomic mass is 19.1. The number of aliphatic hydroxyl groups excluding tert-OH is 2. The van der Waals surface area contributed by atoms with Crippen LogP contribution in [0.15, 0.2) is 12.1 Å². The van der Waals surface area contributed by atoms with Crippen molar-refractivity contribution in [1.82, 2.24) is 4.98 Å². The van der Waals surface area contributed by atoms with Crippen LogP contribution in [-0.4, -0.2) is 33.9 Å². The van der Waals surface area contributed by atoms with E-state index >= 15 is 0 Å². The van der Waals surface area contributed by atoms with Crippen LogP contribution in [-0.2, 0) is 9.53 Å². The largest absolute Gasteiger partial charge is 0.464 e. The molecular weight excluding hydrogens is 236 g/mol. The summed E-state index contributed by atoms with van der Waals surface area (Å²) in [5.41, 5.74) is -0.296. The number of aromatic nitrogens is 1. The molecule has 0 aliphatic carbocycles. The fourth-order valence-electron chi connectivity index (χ4n) is 1.19. The lowest BCUT2D eigenvalue weighted by Crippen LogP contribution is -2.30. The first-order chi connectivity index (χ1) is 7.95. The van der Waals surface area contributed by atoms with E-state index < -0.39 is 30.1 Å². The number of nitrogens with zero attached hydrogens (tertiary/aromatic N) is 1. The Labute approximate surface area is 95.7 Å². The Balaban J connectivity index is 2.87. The minimum Gasteiger partial charge on any atom is -0.464 e. The van der Waals surface area contributed by atoms with Crippen LogP contribution in [0.4, 0.5) is 8.78 Å². The number of carbonyl (C=O) groups excluding carboxylic acids is 1. The third-order valence-electron chi connectivity index (χ3n) is 1.95. The zero-order valence-electron chi connectivity index (χ0n) is 8.93. The fourth-order valence-corrected chi connectivity index (χ4v) is 1.19. The van der Waals surface area contributed by atoms with Gasteiger partial charge >= 0.3 is 5.97 Å². The highest BCUT2D eigenvalue weighted by Crippen LogP contribution is 2.18. The smallest absolute Gasteiger partial charge is 0.338 e. The van der Waals surface area contributed by atoms with Crippen LogP contribution in [0, 0.1) is 11.9 Å².